The van der Waals surface area contributed by atoms with Crippen LogP contribution in [0.15, 0.2) is 42.5 Å². The summed E-state index contributed by atoms with van der Waals surface area (Å²) >= 11 is 0. The van der Waals surface area contributed by atoms with Gasteiger partial charge < -0.3 is 4.74 Å². The standard InChI is InChI=1S/C15H17NO2/c1-18-15(17)14-12-7-8-13(9-12)16(14)10-11-5-3-2-4-6-11/h2-8,12-14H,9-10H2,1H3. The van der Waals surface area contributed by atoms with Crippen LogP contribution >= 0.6 is 0 Å². The second kappa shape index (κ2) is 4.58. The minimum atomic E-state index is -0.109. The lowest BCUT2D eigenvalue weighted by Gasteiger charge is -2.30. The van der Waals surface area contributed by atoms with E-state index in [4.69, 9.17) is 4.74 Å². The first kappa shape index (κ1) is 11.5. The van der Waals surface area contributed by atoms with Gasteiger partial charge >= 0.3 is 5.97 Å². The fourth-order valence-corrected chi connectivity index (χ4v) is 3.08. The zero-order valence-corrected chi connectivity index (χ0v) is 10.5. The number of benzene rings is 1. The van der Waals surface area contributed by atoms with Crippen molar-refractivity contribution >= 4 is 5.97 Å². The number of esters is 1. The molecule has 0 saturated carbocycles. The highest BCUT2D eigenvalue weighted by atomic mass is 16.5. The summed E-state index contributed by atoms with van der Waals surface area (Å²) in [6, 6.07) is 10.6. The number of carbonyl (C=O) groups excluding carboxylic acids is 1. The molecule has 1 heterocycles. The van der Waals surface area contributed by atoms with Crippen LogP contribution in [-0.4, -0.2) is 30.1 Å². The van der Waals surface area contributed by atoms with E-state index in [2.05, 4.69) is 29.2 Å². The number of nitrogens with zero attached hydrogens (tertiary/aromatic N) is 1. The van der Waals surface area contributed by atoms with Gasteiger partial charge in [-0.15, -0.1) is 0 Å². The maximum Gasteiger partial charge on any atom is 0.323 e. The van der Waals surface area contributed by atoms with Crippen LogP contribution in [0.1, 0.15) is 12.0 Å². The molecule has 1 fully saturated rings. The van der Waals surface area contributed by atoms with Crippen LogP contribution in [0.2, 0.25) is 0 Å². The Kier molecular flexibility index (Phi) is 2.92. The van der Waals surface area contributed by atoms with Crippen molar-refractivity contribution < 1.29 is 9.53 Å². The molecule has 1 aromatic carbocycles. The van der Waals surface area contributed by atoms with Gasteiger partial charge in [-0.1, -0.05) is 42.5 Å². The Morgan fingerprint density at radius 3 is 2.83 bits per heavy atom. The quantitative estimate of drug-likeness (QED) is 0.600. The molecule has 1 aliphatic heterocycles. The van der Waals surface area contributed by atoms with Crippen LogP contribution in [0.25, 0.3) is 0 Å². The predicted octanol–water partition coefficient (Wildman–Crippen LogP) is 1.99. The zero-order chi connectivity index (χ0) is 12.5. The van der Waals surface area contributed by atoms with Gasteiger partial charge in [-0.3, -0.25) is 9.69 Å². The molecular weight excluding hydrogens is 226 g/mol. The molecule has 3 nitrogen and oxygen atoms in total. The first-order valence-corrected chi connectivity index (χ1v) is 6.35. The number of likely N-dealkylation sites (tertiary alicyclic amines) is 1. The molecule has 0 aromatic heterocycles. The molecule has 1 aliphatic carbocycles. The Morgan fingerprint density at radius 2 is 2.11 bits per heavy atom. The van der Waals surface area contributed by atoms with E-state index in [1.54, 1.807) is 0 Å². The zero-order valence-electron chi connectivity index (χ0n) is 10.5. The van der Waals surface area contributed by atoms with Crippen molar-refractivity contribution in [3.8, 4) is 0 Å². The van der Waals surface area contributed by atoms with Crippen molar-refractivity contribution in [1.29, 1.82) is 0 Å². The van der Waals surface area contributed by atoms with Crippen LogP contribution in [0.4, 0.5) is 0 Å². The van der Waals surface area contributed by atoms with Crippen LogP contribution in [0.3, 0.4) is 0 Å². The second-order valence-electron chi connectivity index (χ2n) is 4.98. The lowest BCUT2D eigenvalue weighted by molar-refractivity contribution is -0.147. The molecule has 94 valence electrons. The number of hydrogen-bond acceptors (Lipinski definition) is 3. The normalized spacial score (nSPS) is 29.7. The van der Waals surface area contributed by atoms with Gasteiger partial charge in [0, 0.05) is 18.5 Å². The van der Waals surface area contributed by atoms with E-state index < -0.39 is 0 Å². The fourth-order valence-electron chi connectivity index (χ4n) is 3.08. The maximum absolute atomic E-state index is 11.9. The Hall–Kier alpha value is -1.61. The van der Waals surface area contributed by atoms with E-state index >= 15 is 0 Å². The third kappa shape index (κ3) is 1.85. The second-order valence-corrected chi connectivity index (χ2v) is 4.98. The fraction of sp³-hybridized carbons (Fsp3) is 0.400. The SMILES string of the molecule is COC(=O)C1C2C=CC(C2)N1Cc1ccccc1. The topological polar surface area (TPSA) is 29.5 Å². The Morgan fingerprint density at radius 1 is 1.33 bits per heavy atom. The minimum Gasteiger partial charge on any atom is -0.468 e. The van der Waals surface area contributed by atoms with Crippen molar-refractivity contribution in [2.75, 3.05) is 7.11 Å². The highest BCUT2D eigenvalue weighted by Crippen LogP contribution is 2.38. The van der Waals surface area contributed by atoms with Crippen LogP contribution in [0.5, 0.6) is 0 Å². The number of hydrogen-bond donors (Lipinski definition) is 0. The van der Waals surface area contributed by atoms with Crippen LogP contribution < -0.4 is 0 Å². The average molecular weight is 243 g/mol. The molecule has 2 bridgehead atoms. The Balaban J connectivity index is 1.82. The van der Waals surface area contributed by atoms with Gasteiger partial charge in [0.15, 0.2) is 0 Å². The summed E-state index contributed by atoms with van der Waals surface area (Å²) in [4.78, 5) is 14.2. The van der Waals surface area contributed by atoms with E-state index in [0.717, 1.165) is 13.0 Å². The predicted molar refractivity (Wildman–Crippen MR) is 68.8 cm³/mol. The first-order chi connectivity index (χ1) is 8.79. The maximum atomic E-state index is 11.9. The summed E-state index contributed by atoms with van der Waals surface area (Å²) in [5, 5.41) is 0. The highest BCUT2D eigenvalue weighted by Gasteiger charge is 2.46. The molecule has 3 unspecified atom stereocenters. The van der Waals surface area contributed by atoms with Crippen molar-refractivity contribution in [3.63, 3.8) is 0 Å². The summed E-state index contributed by atoms with van der Waals surface area (Å²) in [6.07, 6.45) is 5.42. The summed E-state index contributed by atoms with van der Waals surface area (Å²) in [7, 11) is 1.47. The highest BCUT2D eigenvalue weighted by molar-refractivity contribution is 5.77. The third-order valence-corrected chi connectivity index (χ3v) is 3.93. The molecule has 1 saturated heterocycles. The lowest BCUT2D eigenvalue weighted by atomic mass is 10.0. The van der Waals surface area contributed by atoms with Crippen molar-refractivity contribution in [1.82, 2.24) is 4.90 Å². The molecule has 0 spiro atoms. The monoisotopic (exact) mass is 243 g/mol. The van der Waals surface area contributed by atoms with Crippen molar-refractivity contribution in [2.24, 2.45) is 5.92 Å². The van der Waals surface area contributed by atoms with E-state index in [1.807, 2.05) is 18.2 Å². The number of methoxy groups -OCH3 is 1. The number of rotatable bonds is 3. The molecule has 3 rings (SSSR count). The lowest BCUT2D eigenvalue weighted by Crippen LogP contribution is -2.44. The largest absolute Gasteiger partial charge is 0.468 e. The molecule has 0 radical (unpaired) electrons. The van der Waals surface area contributed by atoms with Crippen LogP contribution in [0, 0.1) is 5.92 Å². The van der Waals surface area contributed by atoms with E-state index in [0.29, 0.717) is 12.0 Å². The molecule has 0 amide bonds. The molecule has 2 aliphatic rings. The summed E-state index contributed by atoms with van der Waals surface area (Å²) in [5.74, 6) is 0.217. The van der Waals surface area contributed by atoms with Gasteiger partial charge in [-0.25, -0.2) is 0 Å². The molecule has 18 heavy (non-hydrogen) atoms. The molecule has 3 atom stereocenters. The number of ether oxygens (including phenoxy) is 1. The summed E-state index contributed by atoms with van der Waals surface area (Å²) in [5.41, 5.74) is 1.24. The van der Waals surface area contributed by atoms with E-state index in [1.165, 1.54) is 12.7 Å². The average Bonchev–Trinajstić information content (AvgIpc) is 3.00. The van der Waals surface area contributed by atoms with Gasteiger partial charge in [0.25, 0.3) is 0 Å². The van der Waals surface area contributed by atoms with Crippen molar-refractivity contribution in [3.05, 3.63) is 48.0 Å². The number of fused-ring (bicyclic) bond motifs is 2. The van der Waals surface area contributed by atoms with Gasteiger partial charge in [-0.05, 0) is 12.0 Å². The van der Waals surface area contributed by atoms with Gasteiger partial charge in [-0.2, -0.15) is 0 Å². The molecule has 1 aromatic rings. The summed E-state index contributed by atoms with van der Waals surface area (Å²) < 4.78 is 4.94. The Bertz CT molecular complexity index is 469. The van der Waals surface area contributed by atoms with Gasteiger partial charge in [0.1, 0.15) is 6.04 Å². The van der Waals surface area contributed by atoms with E-state index in [-0.39, 0.29) is 12.0 Å². The smallest absolute Gasteiger partial charge is 0.323 e. The Labute approximate surface area is 107 Å². The first-order valence-electron chi connectivity index (χ1n) is 6.35. The van der Waals surface area contributed by atoms with Crippen LogP contribution in [-0.2, 0) is 16.1 Å². The minimum absolute atomic E-state index is 0.106. The van der Waals surface area contributed by atoms with E-state index in [9.17, 15) is 4.79 Å². The molecule has 0 N–H and O–H groups in total. The van der Waals surface area contributed by atoms with Gasteiger partial charge in [0.05, 0.1) is 7.11 Å². The number of carbonyl (C=O) groups is 1. The molecule has 3 heteroatoms. The molecular formula is C15H17NO2. The summed E-state index contributed by atoms with van der Waals surface area (Å²) in [6.45, 7) is 0.812. The third-order valence-electron chi connectivity index (χ3n) is 3.93. The van der Waals surface area contributed by atoms with Gasteiger partial charge in [0.2, 0.25) is 0 Å². The van der Waals surface area contributed by atoms with Crippen molar-refractivity contribution in [2.45, 2.75) is 25.0 Å².